The standard InChI is InChI=1S/C17H31NO5.K.Na/c1-2-3-4-5-6-7-8-9-10-11-15(19)18-14(17(22)23)12-13-16(20)21;;/h14H,2-13H2,1H3,(H,18,19)(H,20,21)(H,22,23);;/q;2*+1/p-2/t14-;;/m0../s1. The smallest absolute Gasteiger partial charge is 0.550 e. The van der Waals surface area contributed by atoms with Crippen LogP contribution in [0.3, 0.4) is 0 Å². The number of carboxylic acid groups (broad SMARTS) is 2. The largest absolute Gasteiger partial charge is 1.00 e. The van der Waals surface area contributed by atoms with Crippen LogP contribution in [0.5, 0.6) is 0 Å². The van der Waals surface area contributed by atoms with Crippen LogP contribution in [0.2, 0.25) is 0 Å². The van der Waals surface area contributed by atoms with E-state index in [0.29, 0.717) is 6.42 Å². The van der Waals surface area contributed by atoms with Gasteiger partial charge in [-0.2, -0.15) is 0 Å². The van der Waals surface area contributed by atoms with Crippen molar-refractivity contribution in [1.29, 1.82) is 0 Å². The van der Waals surface area contributed by atoms with Gasteiger partial charge in [0.25, 0.3) is 0 Å². The molecule has 0 spiro atoms. The molecule has 0 aromatic rings. The summed E-state index contributed by atoms with van der Waals surface area (Å²) in [4.78, 5) is 32.8. The molecule has 0 fully saturated rings. The SMILES string of the molecule is CCCCCCCCCCCC(=O)N[C@@H](CCC(=O)[O-])C(=O)[O-].[K+].[Na+]. The number of carbonyl (C=O) groups excluding carboxylic acids is 3. The molecule has 0 aliphatic rings. The van der Waals surface area contributed by atoms with Gasteiger partial charge in [-0.1, -0.05) is 58.3 Å². The van der Waals surface area contributed by atoms with Crippen molar-refractivity contribution in [3.63, 3.8) is 0 Å². The van der Waals surface area contributed by atoms with Crippen LogP contribution in [0, 0.1) is 0 Å². The molecular weight excluding hydrogens is 360 g/mol. The van der Waals surface area contributed by atoms with Gasteiger partial charge in [-0.05, 0) is 19.3 Å². The first-order chi connectivity index (χ1) is 11.0. The van der Waals surface area contributed by atoms with Crippen molar-refractivity contribution in [3.8, 4) is 0 Å². The van der Waals surface area contributed by atoms with Gasteiger partial charge in [-0.3, -0.25) is 4.79 Å². The summed E-state index contributed by atoms with van der Waals surface area (Å²) in [7, 11) is 0. The maximum absolute atomic E-state index is 11.6. The van der Waals surface area contributed by atoms with Gasteiger partial charge in [0.15, 0.2) is 0 Å². The summed E-state index contributed by atoms with van der Waals surface area (Å²) < 4.78 is 0. The fraction of sp³-hybridized carbons (Fsp3) is 0.824. The molecule has 1 atom stereocenters. The molecule has 25 heavy (non-hydrogen) atoms. The Kier molecular flexibility index (Phi) is 26.3. The number of unbranched alkanes of at least 4 members (excludes halogenated alkanes) is 8. The Labute approximate surface area is 216 Å². The van der Waals surface area contributed by atoms with Crippen molar-refractivity contribution in [1.82, 2.24) is 5.32 Å². The predicted octanol–water partition coefficient (Wildman–Crippen LogP) is -5.32. The molecule has 0 aromatic heterocycles. The maximum atomic E-state index is 11.6. The molecular formula is C17H29KNNaO5. The van der Waals surface area contributed by atoms with Crippen LogP contribution in [-0.4, -0.2) is 23.9 Å². The van der Waals surface area contributed by atoms with E-state index < -0.39 is 24.4 Å². The number of hydrogen-bond donors (Lipinski definition) is 1. The van der Waals surface area contributed by atoms with Gasteiger partial charge in [0.2, 0.25) is 5.91 Å². The molecule has 6 nitrogen and oxygen atoms in total. The van der Waals surface area contributed by atoms with Gasteiger partial charge in [0, 0.05) is 12.4 Å². The van der Waals surface area contributed by atoms with Crippen LogP contribution >= 0.6 is 0 Å². The quantitative estimate of drug-likeness (QED) is 0.222. The van der Waals surface area contributed by atoms with E-state index >= 15 is 0 Å². The van der Waals surface area contributed by atoms with E-state index in [1.807, 2.05) is 0 Å². The second kappa shape index (κ2) is 21.3. The second-order valence-electron chi connectivity index (χ2n) is 5.93. The molecule has 1 amide bonds. The molecule has 0 aromatic carbocycles. The molecule has 134 valence electrons. The Morgan fingerprint density at radius 2 is 1.32 bits per heavy atom. The number of aliphatic carboxylic acids is 2. The van der Waals surface area contributed by atoms with Crippen LogP contribution in [0.25, 0.3) is 0 Å². The summed E-state index contributed by atoms with van der Waals surface area (Å²) in [5.41, 5.74) is 0. The zero-order chi connectivity index (χ0) is 17.5. The van der Waals surface area contributed by atoms with Gasteiger partial charge in [-0.15, -0.1) is 0 Å². The number of hydrogen-bond acceptors (Lipinski definition) is 5. The zero-order valence-corrected chi connectivity index (χ0v) is 21.2. The van der Waals surface area contributed by atoms with Crippen molar-refractivity contribution in [2.45, 2.75) is 90.0 Å². The zero-order valence-electron chi connectivity index (χ0n) is 16.1. The molecule has 0 unspecified atom stereocenters. The maximum Gasteiger partial charge on any atom is 1.00 e. The summed E-state index contributed by atoms with van der Waals surface area (Å²) >= 11 is 0. The number of carboxylic acids is 2. The van der Waals surface area contributed by atoms with E-state index in [2.05, 4.69) is 12.2 Å². The molecule has 0 radical (unpaired) electrons. The van der Waals surface area contributed by atoms with Crippen LogP contribution < -0.4 is 96.5 Å². The van der Waals surface area contributed by atoms with Crippen molar-refractivity contribution in [2.75, 3.05) is 0 Å². The summed E-state index contributed by atoms with van der Waals surface area (Å²) in [6, 6.07) is -1.26. The van der Waals surface area contributed by atoms with E-state index in [1.165, 1.54) is 38.5 Å². The van der Waals surface area contributed by atoms with Crippen molar-refractivity contribution < 1.29 is 106 Å². The number of nitrogens with one attached hydrogen (secondary N) is 1. The number of rotatable bonds is 15. The third kappa shape index (κ3) is 21.2. The van der Waals surface area contributed by atoms with E-state index in [9.17, 15) is 24.6 Å². The van der Waals surface area contributed by atoms with Gasteiger partial charge >= 0.3 is 80.9 Å². The summed E-state index contributed by atoms with van der Waals surface area (Å²) in [6.07, 6.45) is 9.82. The number of carbonyl (C=O) groups is 3. The molecule has 0 heterocycles. The van der Waals surface area contributed by atoms with Crippen LogP contribution in [0.15, 0.2) is 0 Å². The Balaban J connectivity index is -0.00000242. The van der Waals surface area contributed by atoms with E-state index in [4.69, 9.17) is 0 Å². The van der Waals surface area contributed by atoms with Crippen molar-refractivity contribution >= 4 is 17.8 Å². The molecule has 0 saturated heterocycles. The predicted molar refractivity (Wildman–Crippen MR) is 83.0 cm³/mol. The van der Waals surface area contributed by atoms with E-state index in [1.54, 1.807) is 0 Å². The average molecular weight is 390 g/mol. The van der Waals surface area contributed by atoms with Gasteiger partial charge in [0.05, 0.1) is 12.0 Å². The van der Waals surface area contributed by atoms with Gasteiger partial charge in [-0.25, -0.2) is 0 Å². The Morgan fingerprint density at radius 1 is 0.840 bits per heavy atom. The first-order valence-electron chi connectivity index (χ1n) is 8.67. The first kappa shape index (κ1) is 30.8. The fourth-order valence-electron chi connectivity index (χ4n) is 2.37. The van der Waals surface area contributed by atoms with Crippen LogP contribution in [0.1, 0.15) is 84.0 Å². The third-order valence-corrected chi connectivity index (χ3v) is 3.76. The summed E-state index contributed by atoms with van der Waals surface area (Å²) in [5.74, 6) is -3.18. The van der Waals surface area contributed by atoms with E-state index in [-0.39, 0.29) is 99.7 Å². The Bertz CT molecular complexity index is 369. The van der Waals surface area contributed by atoms with E-state index in [0.717, 1.165) is 12.8 Å². The summed E-state index contributed by atoms with van der Waals surface area (Å²) in [5, 5.41) is 23.5. The minimum Gasteiger partial charge on any atom is -0.550 e. The monoisotopic (exact) mass is 389 g/mol. The normalized spacial score (nSPS) is 10.9. The second-order valence-corrected chi connectivity index (χ2v) is 5.93. The molecule has 0 bridgehead atoms. The topological polar surface area (TPSA) is 109 Å². The van der Waals surface area contributed by atoms with Crippen LogP contribution in [0.4, 0.5) is 0 Å². The number of amides is 1. The fourth-order valence-corrected chi connectivity index (χ4v) is 2.37. The van der Waals surface area contributed by atoms with Crippen molar-refractivity contribution in [2.24, 2.45) is 0 Å². The molecule has 1 N–H and O–H groups in total. The minimum atomic E-state index is -1.47. The Hall–Kier alpha value is 1.05. The van der Waals surface area contributed by atoms with Crippen LogP contribution in [-0.2, 0) is 14.4 Å². The average Bonchev–Trinajstić information content (AvgIpc) is 2.49. The Morgan fingerprint density at radius 3 is 1.76 bits per heavy atom. The molecule has 8 heteroatoms. The molecule has 0 saturated carbocycles. The summed E-state index contributed by atoms with van der Waals surface area (Å²) in [6.45, 7) is 2.19. The molecule has 0 aliphatic carbocycles. The minimum absolute atomic E-state index is 0. The first-order valence-corrected chi connectivity index (χ1v) is 8.67. The molecule has 0 rings (SSSR count). The van der Waals surface area contributed by atoms with Crippen molar-refractivity contribution in [3.05, 3.63) is 0 Å². The van der Waals surface area contributed by atoms with Gasteiger partial charge < -0.3 is 25.1 Å². The molecule has 0 aliphatic heterocycles. The third-order valence-electron chi connectivity index (χ3n) is 3.76. The van der Waals surface area contributed by atoms with Gasteiger partial charge in [0.1, 0.15) is 0 Å².